The quantitative estimate of drug-likeness (QED) is 0.496. The van der Waals surface area contributed by atoms with E-state index in [2.05, 4.69) is 0 Å². The van der Waals surface area contributed by atoms with Crippen LogP contribution in [-0.2, 0) is 9.59 Å². The fourth-order valence-electron chi connectivity index (χ4n) is 1.08. The molecule has 0 saturated heterocycles. The van der Waals surface area contributed by atoms with E-state index in [-0.39, 0.29) is 5.92 Å². The van der Waals surface area contributed by atoms with Gasteiger partial charge in [0.2, 0.25) is 0 Å². The molecule has 0 heterocycles. The molecule has 1 aliphatic carbocycles. The zero-order chi connectivity index (χ0) is 8.59. The van der Waals surface area contributed by atoms with Gasteiger partial charge in [0.05, 0.1) is 5.92 Å². The van der Waals surface area contributed by atoms with Crippen molar-refractivity contribution in [3.05, 3.63) is 0 Å². The van der Waals surface area contributed by atoms with E-state index in [1.807, 2.05) is 0 Å². The van der Waals surface area contributed by atoms with Crippen molar-refractivity contribution in [2.45, 2.75) is 12.5 Å². The molecule has 1 aliphatic rings. The third kappa shape index (κ3) is 1.48. The largest absolute Gasteiger partial charge is 0.481 e. The van der Waals surface area contributed by atoms with Gasteiger partial charge in [0.25, 0.3) is 0 Å². The summed E-state index contributed by atoms with van der Waals surface area (Å²) >= 11 is 0. The van der Waals surface area contributed by atoms with E-state index in [0.717, 1.165) is 0 Å². The number of aliphatic carboxylic acids is 2. The summed E-state index contributed by atoms with van der Waals surface area (Å²) in [5.41, 5.74) is 5.19. The Morgan fingerprint density at radius 3 is 2.27 bits per heavy atom. The van der Waals surface area contributed by atoms with Gasteiger partial charge >= 0.3 is 11.9 Å². The maximum absolute atomic E-state index is 10.3. The van der Waals surface area contributed by atoms with Gasteiger partial charge in [-0.15, -0.1) is 0 Å². The van der Waals surface area contributed by atoms with Gasteiger partial charge in [0.1, 0.15) is 6.04 Å². The number of rotatable bonds is 3. The van der Waals surface area contributed by atoms with Crippen LogP contribution in [0.25, 0.3) is 0 Å². The zero-order valence-electron chi connectivity index (χ0n) is 5.73. The molecule has 1 fully saturated rings. The second-order valence-electron chi connectivity index (χ2n) is 2.71. The lowest BCUT2D eigenvalue weighted by molar-refractivity contribution is -0.140. The van der Waals surface area contributed by atoms with E-state index in [9.17, 15) is 9.59 Å². The van der Waals surface area contributed by atoms with Crippen molar-refractivity contribution in [1.82, 2.24) is 0 Å². The molecule has 11 heavy (non-hydrogen) atoms. The molecule has 0 radical (unpaired) electrons. The van der Waals surface area contributed by atoms with Gasteiger partial charge in [-0.1, -0.05) is 0 Å². The van der Waals surface area contributed by atoms with Crippen LogP contribution in [0.2, 0.25) is 0 Å². The molecule has 0 amide bonds. The molecule has 0 aliphatic heterocycles. The Morgan fingerprint density at radius 1 is 1.45 bits per heavy atom. The Kier molecular flexibility index (Phi) is 1.82. The highest BCUT2D eigenvalue weighted by Gasteiger charge is 2.49. The SMILES string of the molecule is N[C@@H](C(=O)O)[C@@H]1CC1C(=O)O. The number of carboxylic acids is 2. The van der Waals surface area contributed by atoms with Crippen molar-refractivity contribution in [2.75, 3.05) is 0 Å². The minimum Gasteiger partial charge on any atom is -0.481 e. The average molecular weight is 159 g/mol. The summed E-state index contributed by atoms with van der Waals surface area (Å²) in [4.78, 5) is 20.5. The minimum absolute atomic E-state index is 0.370. The monoisotopic (exact) mass is 159 g/mol. The molecule has 1 unspecified atom stereocenters. The summed E-state index contributed by atoms with van der Waals surface area (Å²) in [5, 5.41) is 16.8. The Labute approximate surface area is 62.8 Å². The van der Waals surface area contributed by atoms with E-state index in [1.165, 1.54) is 0 Å². The molecule has 0 bridgehead atoms. The van der Waals surface area contributed by atoms with Gasteiger partial charge in [-0.3, -0.25) is 9.59 Å². The standard InChI is InChI=1S/C6H9NO4/c7-4(6(10)11)2-1-3(2)5(8)9/h2-4H,1,7H2,(H,8,9)(H,10,11)/t2-,3?,4-/m1/s1. The Balaban J connectivity index is 2.43. The first-order chi connectivity index (χ1) is 5.04. The molecule has 5 nitrogen and oxygen atoms in total. The Morgan fingerprint density at radius 2 is 2.00 bits per heavy atom. The van der Waals surface area contributed by atoms with E-state index < -0.39 is 23.9 Å². The third-order valence-electron chi connectivity index (χ3n) is 1.90. The maximum atomic E-state index is 10.3. The lowest BCUT2D eigenvalue weighted by Gasteiger charge is -2.01. The molecule has 3 atom stereocenters. The normalized spacial score (nSPS) is 31.0. The van der Waals surface area contributed by atoms with Gasteiger partial charge in [-0.2, -0.15) is 0 Å². The van der Waals surface area contributed by atoms with Crippen LogP contribution in [-0.4, -0.2) is 28.2 Å². The Hall–Kier alpha value is -1.10. The van der Waals surface area contributed by atoms with E-state index in [1.54, 1.807) is 0 Å². The number of carboxylic acid groups (broad SMARTS) is 2. The van der Waals surface area contributed by atoms with Crippen molar-refractivity contribution in [1.29, 1.82) is 0 Å². The number of carbonyl (C=O) groups is 2. The Bertz CT molecular complexity index is 203. The fourth-order valence-corrected chi connectivity index (χ4v) is 1.08. The zero-order valence-corrected chi connectivity index (χ0v) is 5.73. The lowest BCUT2D eigenvalue weighted by Crippen LogP contribution is -2.33. The van der Waals surface area contributed by atoms with Crippen LogP contribution in [0.3, 0.4) is 0 Å². The molecule has 0 aromatic rings. The fraction of sp³-hybridized carbons (Fsp3) is 0.667. The first kappa shape index (κ1) is 8.00. The molecule has 0 aromatic heterocycles. The maximum Gasteiger partial charge on any atom is 0.320 e. The number of nitrogens with two attached hydrogens (primary N) is 1. The smallest absolute Gasteiger partial charge is 0.320 e. The van der Waals surface area contributed by atoms with Crippen LogP contribution in [0.5, 0.6) is 0 Å². The average Bonchev–Trinajstić information content (AvgIpc) is 2.63. The van der Waals surface area contributed by atoms with Crippen molar-refractivity contribution >= 4 is 11.9 Å². The van der Waals surface area contributed by atoms with E-state index >= 15 is 0 Å². The van der Waals surface area contributed by atoms with Crippen LogP contribution in [0.1, 0.15) is 6.42 Å². The van der Waals surface area contributed by atoms with Crippen molar-refractivity contribution in [3.8, 4) is 0 Å². The van der Waals surface area contributed by atoms with E-state index in [4.69, 9.17) is 15.9 Å². The first-order valence-electron chi connectivity index (χ1n) is 3.25. The summed E-state index contributed by atoms with van der Waals surface area (Å²) in [7, 11) is 0. The highest BCUT2D eigenvalue weighted by Crippen LogP contribution is 2.40. The molecule has 1 saturated carbocycles. The van der Waals surface area contributed by atoms with E-state index in [0.29, 0.717) is 6.42 Å². The molecule has 4 N–H and O–H groups in total. The highest BCUT2D eigenvalue weighted by atomic mass is 16.4. The number of hydrogen-bond donors (Lipinski definition) is 3. The molecular weight excluding hydrogens is 150 g/mol. The molecule has 0 spiro atoms. The molecule has 0 aromatic carbocycles. The van der Waals surface area contributed by atoms with Crippen molar-refractivity contribution < 1.29 is 19.8 Å². The van der Waals surface area contributed by atoms with Gasteiger partial charge < -0.3 is 15.9 Å². The number of hydrogen-bond acceptors (Lipinski definition) is 3. The van der Waals surface area contributed by atoms with Crippen LogP contribution in [0.15, 0.2) is 0 Å². The summed E-state index contributed by atoms with van der Waals surface area (Å²) < 4.78 is 0. The second-order valence-corrected chi connectivity index (χ2v) is 2.71. The molecular formula is C6H9NO4. The summed E-state index contributed by atoms with van der Waals surface area (Å²) in [6.07, 6.45) is 0.392. The van der Waals surface area contributed by atoms with Crippen molar-refractivity contribution in [2.24, 2.45) is 17.6 Å². The first-order valence-corrected chi connectivity index (χ1v) is 3.25. The lowest BCUT2D eigenvalue weighted by atomic mass is 10.1. The van der Waals surface area contributed by atoms with Gasteiger partial charge in [0.15, 0.2) is 0 Å². The molecule has 62 valence electrons. The summed E-state index contributed by atoms with van der Waals surface area (Å²) in [5.74, 6) is -2.99. The third-order valence-corrected chi connectivity index (χ3v) is 1.90. The van der Waals surface area contributed by atoms with Crippen molar-refractivity contribution in [3.63, 3.8) is 0 Å². The molecule has 1 rings (SSSR count). The summed E-state index contributed by atoms with van der Waals surface area (Å²) in [6.45, 7) is 0. The topological polar surface area (TPSA) is 101 Å². The predicted molar refractivity (Wildman–Crippen MR) is 34.8 cm³/mol. The van der Waals surface area contributed by atoms with Gasteiger partial charge in [-0.25, -0.2) is 0 Å². The highest BCUT2D eigenvalue weighted by molar-refractivity contribution is 5.79. The van der Waals surface area contributed by atoms with Crippen LogP contribution < -0.4 is 5.73 Å². The van der Waals surface area contributed by atoms with Gasteiger partial charge in [0, 0.05) is 0 Å². The second kappa shape index (κ2) is 2.50. The van der Waals surface area contributed by atoms with Crippen LogP contribution >= 0.6 is 0 Å². The summed E-state index contributed by atoms with van der Waals surface area (Å²) in [6, 6.07) is -1.02. The molecule has 5 heteroatoms. The minimum atomic E-state index is -1.13. The predicted octanol–water partition coefficient (Wildman–Crippen LogP) is -0.881. The van der Waals surface area contributed by atoms with Crippen LogP contribution in [0, 0.1) is 11.8 Å². The van der Waals surface area contributed by atoms with Gasteiger partial charge in [-0.05, 0) is 12.3 Å². The van der Waals surface area contributed by atoms with Crippen LogP contribution in [0.4, 0.5) is 0 Å².